The number of H-pyrrole nitrogens is 1. The number of rotatable bonds is 9. The van der Waals surface area contributed by atoms with Crippen LogP contribution < -0.4 is 5.32 Å². The van der Waals surface area contributed by atoms with Gasteiger partial charge < -0.3 is 10.3 Å². The molecule has 0 unspecified atom stereocenters. The Morgan fingerprint density at radius 3 is 2.80 bits per heavy atom. The van der Waals surface area contributed by atoms with Gasteiger partial charge in [0.2, 0.25) is 0 Å². The van der Waals surface area contributed by atoms with Crippen LogP contribution in [-0.2, 0) is 13.1 Å². The van der Waals surface area contributed by atoms with E-state index in [4.69, 9.17) is 4.98 Å². The summed E-state index contributed by atoms with van der Waals surface area (Å²) in [5.41, 5.74) is 4.60. The van der Waals surface area contributed by atoms with Gasteiger partial charge in [0.05, 0.1) is 41.5 Å². The predicted molar refractivity (Wildman–Crippen MR) is 151 cm³/mol. The number of benzene rings is 1. The van der Waals surface area contributed by atoms with Crippen molar-refractivity contribution in [3.05, 3.63) is 71.8 Å². The Labute approximate surface area is 232 Å². The molecule has 0 aliphatic rings. The number of aromatic amines is 1. The molecule has 0 aliphatic carbocycles. The Morgan fingerprint density at radius 1 is 1.15 bits per heavy atom. The van der Waals surface area contributed by atoms with Crippen molar-refractivity contribution in [2.45, 2.75) is 46.8 Å². The number of aromatic nitrogens is 8. The first-order valence-electron chi connectivity index (χ1n) is 13.0. The van der Waals surface area contributed by atoms with Crippen molar-refractivity contribution in [3.63, 3.8) is 0 Å². The van der Waals surface area contributed by atoms with Crippen LogP contribution in [0.25, 0.3) is 27.9 Å². The van der Waals surface area contributed by atoms with E-state index in [2.05, 4.69) is 61.5 Å². The van der Waals surface area contributed by atoms with Gasteiger partial charge in [0.15, 0.2) is 23.1 Å². The predicted octanol–water partition coefficient (Wildman–Crippen LogP) is 5.53. The molecule has 0 radical (unpaired) electrons. The van der Waals surface area contributed by atoms with Crippen LogP contribution in [-0.4, -0.2) is 56.0 Å². The highest BCUT2D eigenvalue weighted by atomic mass is 32.1. The molecule has 0 amide bonds. The number of hydrogen-bond acceptors (Lipinski definition) is 8. The molecule has 40 heavy (non-hydrogen) atoms. The summed E-state index contributed by atoms with van der Waals surface area (Å²) in [6.45, 7) is 10.5. The van der Waals surface area contributed by atoms with Crippen LogP contribution in [0, 0.1) is 18.6 Å². The van der Waals surface area contributed by atoms with Gasteiger partial charge >= 0.3 is 0 Å². The number of halogens is 2. The first-order valence-corrected chi connectivity index (χ1v) is 13.7. The lowest BCUT2D eigenvalue weighted by atomic mass is 10.3. The molecular weight excluding hydrogens is 534 g/mol. The summed E-state index contributed by atoms with van der Waals surface area (Å²) in [6.07, 6.45) is 7.30. The molecule has 0 saturated heterocycles. The fourth-order valence-electron chi connectivity index (χ4n) is 4.71. The molecule has 6 aromatic rings. The van der Waals surface area contributed by atoms with Gasteiger partial charge in [0.25, 0.3) is 0 Å². The van der Waals surface area contributed by atoms with Gasteiger partial charge in [0, 0.05) is 30.5 Å². The third-order valence-electron chi connectivity index (χ3n) is 6.75. The Bertz CT molecular complexity index is 1810. The third-order valence-corrected chi connectivity index (χ3v) is 7.49. The van der Waals surface area contributed by atoms with E-state index < -0.39 is 11.6 Å². The minimum Gasteiger partial charge on any atom is -0.340 e. The standard InChI is InChI=1S/C27H28F2N10S/c1-5-37(15(2)3)13-18-8-23(40-36-18)35-26-27-30-10-21(39(27)11-16(4)32-26)17-9-31-38(12-17)14-22-33-20-7-6-19(28)24(29)25(20)34-22/h6-12,15H,5,13-14H2,1-4H3,(H,32,35)(H,33,34). The highest BCUT2D eigenvalue weighted by molar-refractivity contribution is 7.10. The zero-order valence-electron chi connectivity index (χ0n) is 22.5. The molecule has 0 bridgehead atoms. The molecule has 206 valence electrons. The van der Waals surface area contributed by atoms with Crippen molar-refractivity contribution >= 4 is 39.0 Å². The monoisotopic (exact) mass is 562 g/mol. The molecule has 2 N–H and O–H groups in total. The van der Waals surface area contributed by atoms with Gasteiger partial charge in [-0.05, 0) is 57.0 Å². The SMILES string of the molecule is CCN(Cc1cc(Nc2nc(C)cn3c(-c4cnn(Cc5nc6c(F)c(F)ccc6[nH]5)c4)cnc23)sn1)C(C)C. The normalized spacial score (nSPS) is 12.0. The largest absolute Gasteiger partial charge is 0.340 e. The second-order valence-electron chi connectivity index (χ2n) is 9.90. The van der Waals surface area contributed by atoms with E-state index >= 15 is 0 Å². The molecule has 6 rings (SSSR count). The van der Waals surface area contributed by atoms with Crippen LogP contribution in [0.5, 0.6) is 0 Å². The summed E-state index contributed by atoms with van der Waals surface area (Å²) in [5.74, 6) is -0.781. The van der Waals surface area contributed by atoms with Crippen LogP contribution in [0.1, 0.15) is 38.0 Å². The molecule has 0 fully saturated rings. The second kappa shape index (κ2) is 10.4. The van der Waals surface area contributed by atoms with E-state index in [-0.39, 0.29) is 12.1 Å². The lowest BCUT2D eigenvalue weighted by molar-refractivity contribution is 0.223. The van der Waals surface area contributed by atoms with Crippen LogP contribution in [0.4, 0.5) is 19.6 Å². The number of aryl methyl sites for hydroxylation is 1. The van der Waals surface area contributed by atoms with Crippen molar-refractivity contribution in [2.24, 2.45) is 0 Å². The molecule has 5 heterocycles. The summed E-state index contributed by atoms with van der Waals surface area (Å²) in [7, 11) is 0. The van der Waals surface area contributed by atoms with Crippen LogP contribution >= 0.6 is 11.5 Å². The molecule has 5 aromatic heterocycles. The van der Waals surface area contributed by atoms with Crippen molar-refractivity contribution in [1.29, 1.82) is 0 Å². The Kier molecular flexibility index (Phi) is 6.76. The van der Waals surface area contributed by atoms with Gasteiger partial charge in [-0.15, -0.1) is 0 Å². The topological polar surface area (TPSA) is 105 Å². The van der Waals surface area contributed by atoms with E-state index in [1.165, 1.54) is 17.6 Å². The van der Waals surface area contributed by atoms with E-state index in [9.17, 15) is 8.78 Å². The molecule has 10 nitrogen and oxygen atoms in total. The molecule has 1 aromatic carbocycles. The van der Waals surface area contributed by atoms with E-state index in [1.54, 1.807) is 17.1 Å². The highest BCUT2D eigenvalue weighted by Gasteiger charge is 2.17. The number of nitrogens with zero attached hydrogens (tertiary/aromatic N) is 8. The summed E-state index contributed by atoms with van der Waals surface area (Å²) in [4.78, 5) is 18.9. The molecule has 0 aliphatic heterocycles. The number of nitrogens with one attached hydrogen (secondary N) is 2. The van der Waals surface area contributed by atoms with E-state index in [1.807, 2.05) is 23.7 Å². The van der Waals surface area contributed by atoms with Crippen molar-refractivity contribution in [2.75, 3.05) is 11.9 Å². The minimum absolute atomic E-state index is 0.0251. The minimum atomic E-state index is -0.965. The summed E-state index contributed by atoms with van der Waals surface area (Å²) >= 11 is 1.40. The van der Waals surface area contributed by atoms with E-state index in [0.717, 1.165) is 46.8 Å². The second-order valence-corrected chi connectivity index (χ2v) is 10.7. The van der Waals surface area contributed by atoms with Crippen molar-refractivity contribution < 1.29 is 8.78 Å². The van der Waals surface area contributed by atoms with Gasteiger partial charge in [-0.25, -0.2) is 23.7 Å². The van der Waals surface area contributed by atoms with Crippen molar-refractivity contribution in [1.82, 2.24) is 43.4 Å². The molecule has 0 atom stereocenters. The van der Waals surface area contributed by atoms with Crippen LogP contribution in [0.2, 0.25) is 0 Å². The average molecular weight is 563 g/mol. The zero-order chi connectivity index (χ0) is 28.0. The Balaban J connectivity index is 1.24. The number of anilines is 2. The van der Waals surface area contributed by atoms with Crippen LogP contribution in [0.15, 0.2) is 43.0 Å². The summed E-state index contributed by atoms with van der Waals surface area (Å²) < 4.78 is 35.9. The fourth-order valence-corrected chi connectivity index (χ4v) is 5.37. The molecule has 0 spiro atoms. The Hall–Kier alpha value is -4.23. The highest BCUT2D eigenvalue weighted by Crippen LogP contribution is 2.28. The summed E-state index contributed by atoms with van der Waals surface area (Å²) in [6, 6.07) is 5.05. The van der Waals surface area contributed by atoms with Gasteiger partial charge in [-0.2, -0.15) is 9.47 Å². The molecule has 0 saturated carbocycles. The smallest absolute Gasteiger partial charge is 0.186 e. The lowest BCUT2D eigenvalue weighted by Crippen LogP contribution is -2.29. The fraction of sp³-hybridized carbons (Fsp3) is 0.296. The third kappa shape index (κ3) is 4.93. The van der Waals surface area contributed by atoms with Crippen molar-refractivity contribution in [3.8, 4) is 11.3 Å². The number of fused-ring (bicyclic) bond motifs is 2. The lowest BCUT2D eigenvalue weighted by Gasteiger charge is -2.23. The molecule has 13 heteroatoms. The molecular formula is C27H28F2N10S. The van der Waals surface area contributed by atoms with Gasteiger partial charge in [-0.3, -0.25) is 14.0 Å². The average Bonchev–Trinajstić information content (AvgIpc) is 3.71. The first-order chi connectivity index (χ1) is 19.3. The van der Waals surface area contributed by atoms with E-state index in [0.29, 0.717) is 28.8 Å². The number of imidazole rings is 2. The Morgan fingerprint density at radius 2 is 2.00 bits per heavy atom. The maximum atomic E-state index is 14.1. The van der Waals surface area contributed by atoms with Gasteiger partial charge in [-0.1, -0.05) is 6.92 Å². The number of hydrogen-bond donors (Lipinski definition) is 2. The zero-order valence-corrected chi connectivity index (χ0v) is 23.3. The maximum Gasteiger partial charge on any atom is 0.186 e. The van der Waals surface area contributed by atoms with Gasteiger partial charge in [0.1, 0.15) is 16.3 Å². The first kappa shape index (κ1) is 26.0. The quantitative estimate of drug-likeness (QED) is 0.239. The maximum absolute atomic E-state index is 14.1. The van der Waals surface area contributed by atoms with Crippen LogP contribution in [0.3, 0.4) is 0 Å². The summed E-state index contributed by atoms with van der Waals surface area (Å²) in [5, 5.41) is 8.75.